The molecular weight excluding hydrogens is 210 g/mol. The number of rotatable bonds is 7. The van der Waals surface area contributed by atoms with Gasteiger partial charge in [-0.25, -0.2) is 4.79 Å². The molecule has 0 unspecified atom stereocenters. The normalized spacial score (nSPS) is 10.6. The fourth-order valence-electron chi connectivity index (χ4n) is 1.40. The van der Waals surface area contributed by atoms with Crippen LogP contribution in [0.4, 0.5) is 0 Å². The van der Waals surface area contributed by atoms with Crippen molar-refractivity contribution in [3.63, 3.8) is 0 Å². The van der Waals surface area contributed by atoms with Gasteiger partial charge in [0.2, 0.25) is 5.76 Å². The Kier molecular flexibility index (Phi) is 5.01. The van der Waals surface area contributed by atoms with Crippen molar-refractivity contribution in [2.45, 2.75) is 19.9 Å². The average molecular weight is 227 g/mol. The monoisotopic (exact) mass is 227 g/mol. The number of hydrogen-bond acceptors (Lipinski definition) is 4. The van der Waals surface area contributed by atoms with Crippen LogP contribution in [0.2, 0.25) is 0 Å². The molecule has 1 rings (SSSR count). The van der Waals surface area contributed by atoms with Gasteiger partial charge in [0.15, 0.2) is 0 Å². The van der Waals surface area contributed by atoms with Crippen molar-refractivity contribution < 1.29 is 19.1 Å². The second kappa shape index (κ2) is 6.30. The molecule has 0 radical (unpaired) electrons. The number of carbonyl (C=O) groups is 1. The Morgan fingerprint density at radius 3 is 2.94 bits per heavy atom. The van der Waals surface area contributed by atoms with Gasteiger partial charge in [0.25, 0.3) is 0 Å². The van der Waals surface area contributed by atoms with Gasteiger partial charge in [-0.3, -0.25) is 0 Å². The summed E-state index contributed by atoms with van der Waals surface area (Å²) >= 11 is 0. The van der Waals surface area contributed by atoms with Crippen molar-refractivity contribution in [3.05, 3.63) is 23.2 Å². The van der Waals surface area contributed by atoms with Crippen LogP contribution in [0.5, 0.6) is 0 Å². The number of aryl methyl sites for hydroxylation is 1. The minimum atomic E-state index is -1.02. The molecule has 1 aromatic rings. The van der Waals surface area contributed by atoms with E-state index >= 15 is 0 Å². The maximum Gasteiger partial charge on any atom is 0.372 e. The van der Waals surface area contributed by atoms with Crippen LogP contribution in [-0.2, 0) is 11.3 Å². The molecule has 0 bridgehead atoms. The smallest absolute Gasteiger partial charge is 0.372 e. The molecular formula is C11H17NO4. The Labute approximate surface area is 94.4 Å². The molecule has 0 amide bonds. The zero-order chi connectivity index (χ0) is 12.0. The standard InChI is InChI=1S/C11H17NO4/c1-8-6-9(16-10(8)11(13)14)7-12-4-3-5-15-2/h6,12H,3-5,7H2,1-2H3,(H,13,14). The van der Waals surface area contributed by atoms with E-state index in [1.54, 1.807) is 20.1 Å². The molecule has 1 heterocycles. The number of furan rings is 1. The van der Waals surface area contributed by atoms with Crippen LogP contribution in [0.25, 0.3) is 0 Å². The lowest BCUT2D eigenvalue weighted by Crippen LogP contribution is -2.15. The number of nitrogens with one attached hydrogen (secondary N) is 1. The first-order chi connectivity index (χ1) is 7.65. The second-order valence-corrected chi connectivity index (χ2v) is 3.55. The molecule has 0 aliphatic carbocycles. The third-order valence-corrected chi connectivity index (χ3v) is 2.16. The number of carboxylic acids is 1. The average Bonchev–Trinajstić information content (AvgIpc) is 2.59. The Morgan fingerprint density at radius 2 is 2.38 bits per heavy atom. The fraction of sp³-hybridized carbons (Fsp3) is 0.545. The van der Waals surface area contributed by atoms with E-state index in [0.717, 1.165) is 13.0 Å². The first-order valence-corrected chi connectivity index (χ1v) is 5.17. The maximum absolute atomic E-state index is 10.7. The summed E-state index contributed by atoms with van der Waals surface area (Å²) in [4.78, 5) is 10.7. The van der Waals surface area contributed by atoms with Crippen molar-refractivity contribution in [3.8, 4) is 0 Å². The van der Waals surface area contributed by atoms with Gasteiger partial charge in [-0.1, -0.05) is 0 Å². The number of ether oxygens (including phenoxy) is 1. The summed E-state index contributed by atoms with van der Waals surface area (Å²) < 4.78 is 10.1. The van der Waals surface area contributed by atoms with E-state index in [0.29, 0.717) is 24.5 Å². The van der Waals surface area contributed by atoms with Gasteiger partial charge >= 0.3 is 5.97 Å². The van der Waals surface area contributed by atoms with Gasteiger partial charge in [0.05, 0.1) is 6.54 Å². The summed E-state index contributed by atoms with van der Waals surface area (Å²) in [7, 11) is 1.66. The van der Waals surface area contributed by atoms with Crippen LogP contribution in [0.15, 0.2) is 10.5 Å². The molecule has 5 nitrogen and oxygen atoms in total. The summed E-state index contributed by atoms with van der Waals surface area (Å²) in [6.45, 7) is 3.79. The molecule has 90 valence electrons. The summed E-state index contributed by atoms with van der Waals surface area (Å²) in [5.74, 6) is -0.357. The van der Waals surface area contributed by atoms with Gasteiger partial charge in [-0.2, -0.15) is 0 Å². The Hall–Kier alpha value is -1.33. The lowest BCUT2D eigenvalue weighted by Gasteiger charge is -2.01. The van der Waals surface area contributed by atoms with Gasteiger partial charge < -0.3 is 19.6 Å². The third kappa shape index (κ3) is 3.67. The minimum Gasteiger partial charge on any atom is -0.475 e. The van der Waals surface area contributed by atoms with Gasteiger partial charge in [-0.05, 0) is 26.0 Å². The maximum atomic E-state index is 10.7. The van der Waals surface area contributed by atoms with Gasteiger partial charge in [-0.15, -0.1) is 0 Å². The van der Waals surface area contributed by atoms with E-state index in [2.05, 4.69) is 5.32 Å². The Morgan fingerprint density at radius 1 is 1.62 bits per heavy atom. The fourth-order valence-corrected chi connectivity index (χ4v) is 1.40. The SMILES string of the molecule is COCCCNCc1cc(C)c(C(=O)O)o1. The van der Waals surface area contributed by atoms with Crippen LogP contribution in [0.3, 0.4) is 0 Å². The van der Waals surface area contributed by atoms with Crippen molar-refractivity contribution in [2.24, 2.45) is 0 Å². The van der Waals surface area contributed by atoms with E-state index < -0.39 is 5.97 Å². The predicted molar refractivity (Wildman–Crippen MR) is 58.6 cm³/mol. The number of carboxylic acid groups (broad SMARTS) is 1. The second-order valence-electron chi connectivity index (χ2n) is 3.55. The quantitative estimate of drug-likeness (QED) is 0.689. The van der Waals surface area contributed by atoms with Crippen LogP contribution in [-0.4, -0.2) is 31.3 Å². The van der Waals surface area contributed by atoms with Crippen molar-refractivity contribution in [1.29, 1.82) is 0 Å². The molecule has 5 heteroatoms. The topological polar surface area (TPSA) is 71.7 Å². The third-order valence-electron chi connectivity index (χ3n) is 2.16. The van der Waals surface area contributed by atoms with Crippen LogP contribution in [0, 0.1) is 6.92 Å². The molecule has 2 N–H and O–H groups in total. The molecule has 0 aliphatic rings. The van der Waals surface area contributed by atoms with Gasteiger partial charge in [0, 0.05) is 19.3 Å². The zero-order valence-corrected chi connectivity index (χ0v) is 9.58. The molecule has 0 atom stereocenters. The van der Waals surface area contributed by atoms with Gasteiger partial charge in [0.1, 0.15) is 5.76 Å². The first-order valence-electron chi connectivity index (χ1n) is 5.17. The molecule has 0 aliphatic heterocycles. The molecule has 0 aromatic carbocycles. The summed E-state index contributed by atoms with van der Waals surface area (Å²) in [5, 5.41) is 11.9. The number of methoxy groups -OCH3 is 1. The van der Waals surface area contributed by atoms with Crippen molar-refractivity contribution in [2.75, 3.05) is 20.3 Å². The molecule has 0 spiro atoms. The van der Waals surface area contributed by atoms with E-state index in [1.165, 1.54) is 0 Å². The molecule has 1 aromatic heterocycles. The predicted octanol–water partition coefficient (Wildman–Crippen LogP) is 1.41. The van der Waals surface area contributed by atoms with Crippen LogP contribution in [0.1, 0.15) is 28.3 Å². The lowest BCUT2D eigenvalue weighted by molar-refractivity contribution is 0.0659. The number of hydrogen-bond donors (Lipinski definition) is 2. The highest BCUT2D eigenvalue weighted by Gasteiger charge is 2.13. The van der Waals surface area contributed by atoms with E-state index in [-0.39, 0.29) is 5.76 Å². The Balaban J connectivity index is 2.37. The van der Waals surface area contributed by atoms with E-state index in [9.17, 15) is 4.79 Å². The van der Waals surface area contributed by atoms with E-state index in [1.807, 2.05) is 0 Å². The first kappa shape index (κ1) is 12.7. The Bertz CT molecular complexity index is 346. The molecule has 16 heavy (non-hydrogen) atoms. The summed E-state index contributed by atoms with van der Waals surface area (Å²) in [6.07, 6.45) is 0.919. The van der Waals surface area contributed by atoms with Crippen LogP contribution >= 0.6 is 0 Å². The zero-order valence-electron chi connectivity index (χ0n) is 9.58. The van der Waals surface area contributed by atoms with E-state index in [4.69, 9.17) is 14.3 Å². The van der Waals surface area contributed by atoms with Crippen LogP contribution < -0.4 is 5.32 Å². The summed E-state index contributed by atoms with van der Waals surface area (Å²) in [5.41, 5.74) is 0.654. The van der Waals surface area contributed by atoms with Crippen molar-refractivity contribution >= 4 is 5.97 Å². The van der Waals surface area contributed by atoms with Crippen molar-refractivity contribution in [1.82, 2.24) is 5.32 Å². The number of aromatic carboxylic acids is 1. The lowest BCUT2D eigenvalue weighted by atomic mass is 10.2. The molecule has 0 saturated heterocycles. The highest BCUT2D eigenvalue weighted by molar-refractivity contribution is 5.86. The molecule has 0 saturated carbocycles. The highest BCUT2D eigenvalue weighted by atomic mass is 16.5. The summed E-state index contributed by atoms with van der Waals surface area (Å²) in [6, 6.07) is 1.74. The largest absolute Gasteiger partial charge is 0.475 e. The molecule has 0 fully saturated rings. The highest BCUT2D eigenvalue weighted by Crippen LogP contribution is 2.14. The minimum absolute atomic E-state index is 0.0219.